The van der Waals surface area contributed by atoms with Crippen LogP contribution in [0.3, 0.4) is 0 Å². The van der Waals surface area contributed by atoms with Crippen molar-refractivity contribution in [3.8, 4) is 22.9 Å². The van der Waals surface area contributed by atoms with Gasteiger partial charge in [-0.1, -0.05) is 29.8 Å². The second-order valence-corrected chi connectivity index (χ2v) is 6.55. The van der Waals surface area contributed by atoms with Crippen LogP contribution in [0.25, 0.3) is 33.9 Å². The van der Waals surface area contributed by atoms with Crippen LogP contribution < -0.4 is 5.32 Å². The van der Waals surface area contributed by atoms with Gasteiger partial charge in [0.25, 0.3) is 5.91 Å². The molecule has 5 rings (SSSR count). The highest BCUT2D eigenvalue weighted by Crippen LogP contribution is 2.32. The Kier molecular flexibility index (Phi) is 3.22. The fourth-order valence-electron chi connectivity index (χ4n) is 3.56. The summed E-state index contributed by atoms with van der Waals surface area (Å²) in [6.07, 6.45) is 0. The van der Waals surface area contributed by atoms with Crippen molar-refractivity contribution in [2.75, 3.05) is 6.54 Å². The molecule has 0 spiro atoms. The summed E-state index contributed by atoms with van der Waals surface area (Å²) in [7, 11) is 0. The zero-order valence-electron chi connectivity index (χ0n) is 14.3. The molecule has 1 aliphatic heterocycles. The van der Waals surface area contributed by atoms with Gasteiger partial charge in [-0.2, -0.15) is 0 Å². The molecule has 1 aliphatic rings. The summed E-state index contributed by atoms with van der Waals surface area (Å²) in [6, 6.07) is 17.8. The van der Waals surface area contributed by atoms with Crippen molar-refractivity contribution in [3.05, 3.63) is 65.7 Å². The van der Waals surface area contributed by atoms with E-state index in [-0.39, 0.29) is 5.91 Å². The lowest BCUT2D eigenvalue weighted by Crippen LogP contribution is -2.24. The average molecular weight is 343 g/mol. The van der Waals surface area contributed by atoms with E-state index < -0.39 is 0 Å². The molecular weight excluding hydrogens is 326 g/mol. The van der Waals surface area contributed by atoms with Gasteiger partial charge in [0.15, 0.2) is 11.6 Å². The SMILES string of the molecule is Cc1cccc(-c2ccc(-c3nc4cccc5c4n3CCNC5=O)o2)c1. The zero-order valence-corrected chi connectivity index (χ0v) is 14.3. The Morgan fingerprint density at radius 3 is 2.81 bits per heavy atom. The van der Waals surface area contributed by atoms with E-state index in [2.05, 4.69) is 28.9 Å². The molecule has 0 radical (unpaired) electrons. The van der Waals surface area contributed by atoms with E-state index in [1.165, 1.54) is 5.56 Å². The second kappa shape index (κ2) is 5.59. The first-order valence-corrected chi connectivity index (χ1v) is 8.65. The van der Waals surface area contributed by atoms with Crippen LogP contribution in [0.5, 0.6) is 0 Å². The normalized spacial score (nSPS) is 13.7. The quantitative estimate of drug-likeness (QED) is 0.598. The van der Waals surface area contributed by atoms with Crippen molar-refractivity contribution < 1.29 is 9.21 Å². The number of para-hydroxylation sites is 1. The average Bonchev–Trinajstić information content (AvgIpc) is 3.22. The third-order valence-electron chi connectivity index (χ3n) is 4.76. The summed E-state index contributed by atoms with van der Waals surface area (Å²) in [6.45, 7) is 3.29. The molecule has 5 nitrogen and oxygen atoms in total. The molecule has 0 fully saturated rings. The van der Waals surface area contributed by atoms with E-state index in [4.69, 9.17) is 9.40 Å². The number of hydrogen-bond donors (Lipinski definition) is 1. The maximum absolute atomic E-state index is 12.3. The van der Waals surface area contributed by atoms with Gasteiger partial charge in [-0.3, -0.25) is 4.79 Å². The summed E-state index contributed by atoms with van der Waals surface area (Å²) < 4.78 is 8.20. The van der Waals surface area contributed by atoms with Crippen molar-refractivity contribution in [2.24, 2.45) is 0 Å². The third-order valence-corrected chi connectivity index (χ3v) is 4.76. The molecular formula is C21H17N3O2. The molecule has 5 heteroatoms. The van der Waals surface area contributed by atoms with Gasteiger partial charge >= 0.3 is 0 Å². The highest BCUT2D eigenvalue weighted by molar-refractivity contribution is 6.06. The van der Waals surface area contributed by atoms with Gasteiger partial charge in [-0.05, 0) is 37.3 Å². The minimum atomic E-state index is -0.0549. The molecule has 128 valence electrons. The van der Waals surface area contributed by atoms with Crippen LogP contribution in [0.15, 0.2) is 59.0 Å². The van der Waals surface area contributed by atoms with Gasteiger partial charge in [0.2, 0.25) is 0 Å². The number of carbonyl (C=O) groups is 1. The van der Waals surface area contributed by atoms with Gasteiger partial charge in [-0.25, -0.2) is 4.98 Å². The Bertz CT molecular complexity index is 1150. The predicted molar refractivity (Wildman–Crippen MR) is 99.9 cm³/mol. The van der Waals surface area contributed by atoms with Crippen LogP contribution in [-0.2, 0) is 6.54 Å². The number of nitrogens with zero attached hydrogens (tertiary/aromatic N) is 2. The van der Waals surface area contributed by atoms with Crippen molar-refractivity contribution in [2.45, 2.75) is 13.5 Å². The number of furan rings is 1. The fourth-order valence-corrected chi connectivity index (χ4v) is 3.56. The first kappa shape index (κ1) is 15.0. The number of nitrogens with one attached hydrogen (secondary N) is 1. The maximum Gasteiger partial charge on any atom is 0.253 e. The third kappa shape index (κ3) is 2.24. The van der Waals surface area contributed by atoms with Crippen LogP contribution >= 0.6 is 0 Å². The number of amides is 1. The van der Waals surface area contributed by atoms with Crippen molar-refractivity contribution in [1.29, 1.82) is 0 Å². The van der Waals surface area contributed by atoms with Gasteiger partial charge < -0.3 is 14.3 Å². The molecule has 4 aromatic rings. The zero-order chi connectivity index (χ0) is 17.7. The lowest BCUT2D eigenvalue weighted by atomic mass is 10.1. The Labute approximate surface area is 150 Å². The van der Waals surface area contributed by atoms with Gasteiger partial charge in [-0.15, -0.1) is 0 Å². The fraction of sp³-hybridized carbons (Fsp3) is 0.143. The molecule has 0 aliphatic carbocycles. The molecule has 0 atom stereocenters. The Balaban J connectivity index is 1.67. The van der Waals surface area contributed by atoms with Crippen LogP contribution in [0.1, 0.15) is 15.9 Å². The van der Waals surface area contributed by atoms with E-state index >= 15 is 0 Å². The summed E-state index contributed by atoms with van der Waals surface area (Å²) in [4.78, 5) is 17.0. The number of hydrogen-bond acceptors (Lipinski definition) is 3. The molecule has 0 saturated carbocycles. The molecule has 26 heavy (non-hydrogen) atoms. The monoisotopic (exact) mass is 343 g/mol. The molecule has 2 aromatic carbocycles. The van der Waals surface area contributed by atoms with Crippen LogP contribution in [0.4, 0.5) is 0 Å². The van der Waals surface area contributed by atoms with E-state index in [1.54, 1.807) is 0 Å². The molecule has 1 amide bonds. The number of aryl methyl sites for hydroxylation is 1. The smallest absolute Gasteiger partial charge is 0.253 e. The van der Waals surface area contributed by atoms with E-state index in [9.17, 15) is 4.79 Å². The lowest BCUT2D eigenvalue weighted by Gasteiger charge is -2.05. The summed E-state index contributed by atoms with van der Waals surface area (Å²) in [5, 5.41) is 2.94. The molecule has 0 saturated heterocycles. The van der Waals surface area contributed by atoms with Crippen molar-refractivity contribution in [3.63, 3.8) is 0 Å². The number of rotatable bonds is 2. The van der Waals surface area contributed by atoms with Gasteiger partial charge in [0.1, 0.15) is 5.76 Å². The topological polar surface area (TPSA) is 60.1 Å². The van der Waals surface area contributed by atoms with Crippen molar-refractivity contribution >= 4 is 16.9 Å². The first-order valence-electron chi connectivity index (χ1n) is 8.65. The number of aromatic nitrogens is 2. The van der Waals surface area contributed by atoms with E-state index in [1.807, 2.05) is 42.5 Å². The predicted octanol–water partition coefficient (Wildman–Crippen LogP) is 4.02. The summed E-state index contributed by atoms with van der Waals surface area (Å²) >= 11 is 0. The standard InChI is InChI=1S/C21H17N3O2/c1-13-4-2-5-14(12-13)17-8-9-18(26-17)20-23-16-7-3-6-15-19(16)24(20)11-10-22-21(15)25/h2-9,12H,10-11H2,1H3,(H,22,25). The highest BCUT2D eigenvalue weighted by atomic mass is 16.3. The Morgan fingerprint density at radius 2 is 1.92 bits per heavy atom. The molecule has 0 bridgehead atoms. The minimum Gasteiger partial charge on any atom is -0.453 e. The van der Waals surface area contributed by atoms with Crippen LogP contribution in [0, 0.1) is 6.92 Å². The first-order chi connectivity index (χ1) is 12.7. The van der Waals surface area contributed by atoms with Crippen LogP contribution in [0.2, 0.25) is 0 Å². The highest BCUT2D eigenvalue weighted by Gasteiger charge is 2.23. The van der Waals surface area contributed by atoms with Gasteiger partial charge in [0.05, 0.1) is 16.6 Å². The van der Waals surface area contributed by atoms with E-state index in [0.717, 1.165) is 28.2 Å². The lowest BCUT2D eigenvalue weighted by molar-refractivity contribution is 0.0956. The Morgan fingerprint density at radius 1 is 1.08 bits per heavy atom. The van der Waals surface area contributed by atoms with Crippen molar-refractivity contribution in [1.82, 2.24) is 14.9 Å². The van der Waals surface area contributed by atoms with Crippen LogP contribution in [-0.4, -0.2) is 22.0 Å². The number of benzene rings is 2. The Hall–Kier alpha value is -3.34. The summed E-state index contributed by atoms with van der Waals surface area (Å²) in [5.41, 5.74) is 4.56. The number of imidazole rings is 1. The minimum absolute atomic E-state index is 0.0549. The molecule has 0 unspecified atom stereocenters. The number of carbonyl (C=O) groups excluding carboxylic acids is 1. The van der Waals surface area contributed by atoms with E-state index in [0.29, 0.717) is 24.4 Å². The largest absolute Gasteiger partial charge is 0.453 e. The molecule has 3 heterocycles. The molecule has 2 aromatic heterocycles. The molecule has 1 N–H and O–H groups in total. The van der Waals surface area contributed by atoms with Gasteiger partial charge in [0, 0.05) is 18.7 Å². The second-order valence-electron chi connectivity index (χ2n) is 6.55. The summed E-state index contributed by atoms with van der Waals surface area (Å²) in [5.74, 6) is 2.22. The maximum atomic E-state index is 12.3.